The van der Waals surface area contributed by atoms with Crippen molar-refractivity contribution in [3.05, 3.63) is 42.5 Å². The third-order valence-electron chi connectivity index (χ3n) is 1.91. The molecule has 0 heterocycles. The summed E-state index contributed by atoms with van der Waals surface area (Å²) in [5.74, 6) is 0.420. The van der Waals surface area contributed by atoms with Gasteiger partial charge in [-0.3, -0.25) is 4.55 Å². The fraction of sp³-hybridized carbons (Fsp3) is 0. The molecule has 1 unspecified atom stereocenters. The third-order valence-corrected chi connectivity index (χ3v) is 2.23. The van der Waals surface area contributed by atoms with Crippen molar-refractivity contribution < 1.29 is 12.9 Å². The Labute approximate surface area is 120 Å². The van der Waals surface area contributed by atoms with Crippen LogP contribution >= 0.6 is 0 Å². The maximum absolute atomic E-state index is 10.5. The van der Waals surface area contributed by atoms with E-state index in [1.54, 1.807) is 12.1 Å². The van der Waals surface area contributed by atoms with E-state index in [2.05, 4.69) is 0 Å². The summed E-state index contributed by atoms with van der Waals surface area (Å²) in [6.07, 6.45) is 0. The van der Waals surface area contributed by atoms with Crippen LogP contribution in [-0.4, -0.2) is 46.5 Å². The van der Waals surface area contributed by atoms with Crippen LogP contribution in [0.25, 0.3) is 10.8 Å². The molecule has 0 aliphatic carbocycles. The molecule has 2 aromatic rings. The van der Waals surface area contributed by atoms with Crippen LogP contribution in [0.15, 0.2) is 42.5 Å². The summed E-state index contributed by atoms with van der Waals surface area (Å²) in [6.45, 7) is 0. The number of rotatable bonds is 2. The van der Waals surface area contributed by atoms with Gasteiger partial charge in [-0.1, -0.05) is 36.4 Å². The molecular formula is C10H10CaO3S. The molecular weight excluding hydrogens is 240 g/mol. The van der Waals surface area contributed by atoms with Gasteiger partial charge in [-0.15, -0.1) is 0 Å². The topological polar surface area (TPSA) is 46.5 Å². The SMILES string of the molecule is O=S(O)Oc1cccc2ccccc12.[CaH2]. The summed E-state index contributed by atoms with van der Waals surface area (Å²) in [4.78, 5) is 0. The van der Waals surface area contributed by atoms with E-state index in [0.29, 0.717) is 5.75 Å². The molecule has 2 rings (SSSR count). The zero-order chi connectivity index (χ0) is 9.97. The van der Waals surface area contributed by atoms with E-state index in [4.69, 9.17) is 8.74 Å². The van der Waals surface area contributed by atoms with Gasteiger partial charge in [0.1, 0.15) is 5.75 Å². The number of hydrogen-bond donors (Lipinski definition) is 1. The first kappa shape index (κ1) is 12.9. The van der Waals surface area contributed by atoms with Gasteiger partial charge in [-0.2, -0.15) is 4.21 Å². The van der Waals surface area contributed by atoms with Gasteiger partial charge in [-0.05, 0) is 11.5 Å². The second-order valence-corrected chi connectivity index (χ2v) is 3.38. The maximum atomic E-state index is 10.5. The Kier molecular flexibility index (Phi) is 5.02. The van der Waals surface area contributed by atoms with E-state index >= 15 is 0 Å². The molecule has 0 saturated heterocycles. The van der Waals surface area contributed by atoms with Crippen molar-refractivity contribution in [2.45, 2.75) is 0 Å². The van der Waals surface area contributed by atoms with Crippen LogP contribution < -0.4 is 4.18 Å². The van der Waals surface area contributed by atoms with Gasteiger partial charge < -0.3 is 4.18 Å². The third kappa shape index (κ3) is 3.16. The molecule has 0 fully saturated rings. The van der Waals surface area contributed by atoms with Gasteiger partial charge in [0.15, 0.2) is 0 Å². The van der Waals surface area contributed by atoms with Crippen molar-refractivity contribution in [2.75, 3.05) is 0 Å². The fourth-order valence-corrected chi connectivity index (χ4v) is 1.64. The Balaban J connectivity index is 0.00000112. The first-order chi connectivity index (χ1) is 6.77. The van der Waals surface area contributed by atoms with Gasteiger partial charge in [0.2, 0.25) is 0 Å². The Bertz CT molecular complexity index is 482. The van der Waals surface area contributed by atoms with E-state index in [1.165, 1.54) is 0 Å². The molecule has 15 heavy (non-hydrogen) atoms. The van der Waals surface area contributed by atoms with Crippen molar-refractivity contribution in [1.82, 2.24) is 0 Å². The van der Waals surface area contributed by atoms with Crippen LogP contribution in [0.4, 0.5) is 0 Å². The minimum atomic E-state index is -2.27. The van der Waals surface area contributed by atoms with Gasteiger partial charge >= 0.3 is 49.1 Å². The predicted molar refractivity (Wildman–Crippen MR) is 63.9 cm³/mol. The average Bonchev–Trinajstić information content (AvgIpc) is 2.18. The summed E-state index contributed by atoms with van der Waals surface area (Å²) in [7, 11) is 0. The molecule has 0 amide bonds. The van der Waals surface area contributed by atoms with Gasteiger partial charge in [-0.25, -0.2) is 0 Å². The molecule has 0 spiro atoms. The summed E-state index contributed by atoms with van der Waals surface area (Å²) in [6, 6.07) is 12.9. The fourth-order valence-electron chi connectivity index (χ4n) is 1.35. The molecule has 0 aliphatic heterocycles. The minimum absolute atomic E-state index is 0. The number of benzene rings is 2. The summed E-state index contributed by atoms with van der Waals surface area (Å²) in [5.41, 5.74) is 0. The molecule has 0 aromatic heterocycles. The molecule has 76 valence electrons. The van der Waals surface area contributed by atoms with Crippen LogP contribution in [0.5, 0.6) is 5.75 Å². The van der Waals surface area contributed by atoms with Crippen LogP contribution in [0.3, 0.4) is 0 Å². The Hall–Kier alpha value is -0.130. The zero-order valence-corrected chi connectivity index (χ0v) is 8.03. The summed E-state index contributed by atoms with van der Waals surface area (Å²) in [5, 5.41) is 1.81. The van der Waals surface area contributed by atoms with E-state index in [9.17, 15) is 4.21 Å². The standard InChI is InChI=1S/C10H8O3S.Ca.2H/c11-14(12)13-10-7-3-5-8-4-1-2-6-9(8)10;;;/h1-7H,(H,11,12);;;. The predicted octanol–water partition coefficient (Wildman–Crippen LogP) is 1.44. The molecule has 0 saturated carbocycles. The number of hydrogen-bond acceptors (Lipinski definition) is 2. The molecule has 5 heteroatoms. The Morgan fingerprint density at radius 3 is 2.47 bits per heavy atom. The summed E-state index contributed by atoms with van der Waals surface area (Å²) >= 11 is -2.27. The Morgan fingerprint density at radius 2 is 1.73 bits per heavy atom. The average molecular weight is 250 g/mol. The van der Waals surface area contributed by atoms with Gasteiger partial charge in [0.25, 0.3) is 0 Å². The van der Waals surface area contributed by atoms with Crippen molar-refractivity contribution in [2.24, 2.45) is 0 Å². The molecule has 0 bridgehead atoms. The van der Waals surface area contributed by atoms with Crippen molar-refractivity contribution in [3.8, 4) is 5.75 Å². The first-order valence-corrected chi connectivity index (χ1v) is 5.07. The van der Waals surface area contributed by atoms with Crippen molar-refractivity contribution >= 4 is 59.9 Å². The van der Waals surface area contributed by atoms with Crippen molar-refractivity contribution in [3.63, 3.8) is 0 Å². The van der Waals surface area contributed by atoms with Gasteiger partial charge in [0.05, 0.1) is 0 Å². The molecule has 3 nitrogen and oxygen atoms in total. The second kappa shape index (κ2) is 5.82. The van der Waals surface area contributed by atoms with Crippen LogP contribution in [-0.2, 0) is 11.4 Å². The van der Waals surface area contributed by atoms with Crippen LogP contribution in [0, 0.1) is 0 Å². The summed E-state index contributed by atoms with van der Waals surface area (Å²) < 4.78 is 23.9. The van der Waals surface area contributed by atoms with E-state index in [-0.39, 0.29) is 37.7 Å². The molecule has 1 N–H and O–H groups in total. The second-order valence-electron chi connectivity index (χ2n) is 2.78. The number of fused-ring (bicyclic) bond motifs is 1. The molecule has 2 aromatic carbocycles. The molecule has 1 atom stereocenters. The van der Waals surface area contributed by atoms with Crippen molar-refractivity contribution in [1.29, 1.82) is 0 Å². The van der Waals surface area contributed by atoms with Crippen LogP contribution in [0.1, 0.15) is 0 Å². The van der Waals surface area contributed by atoms with Crippen LogP contribution in [0.2, 0.25) is 0 Å². The van der Waals surface area contributed by atoms with E-state index < -0.39 is 11.4 Å². The zero-order valence-electron chi connectivity index (χ0n) is 7.21. The van der Waals surface area contributed by atoms with Gasteiger partial charge in [0, 0.05) is 5.39 Å². The van der Waals surface area contributed by atoms with E-state index in [0.717, 1.165) is 10.8 Å². The Morgan fingerprint density at radius 1 is 1.07 bits per heavy atom. The molecule has 0 aliphatic rings. The van der Waals surface area contributed by atoms with E-state index in [1.807, 2.05) is 30.3 Å². The monoisotopic (exact) mass is 250 g/mol. The first-order valence-electron chi connectivity index (χ1n) is 4.04. The normalized spacial score (nSPS) is 11.8. The molecule has 0 radical (unpaired) electrons. The quantitative estimate of drug-likeness (QED) is 0.648.